The minimum absolute atomic E-state index is 0.256. The van der Waals surface area contributed by atoms with Gasteiger partial charge in [0.2, 0.25) is 5.91 Å². The maximum absolute atomic E-state index is 12.8. The number of carbonyl (C=O) groups excluding carboxylic acids is 1. The number of para-hydroxylation sites is 1. The van der Waals surface area contributed by atoms with Crippen LogP contribution in [0.2, 0.25) is 0 Å². The molecule has 6 nitrogen and oxygen atoms in total. The Bertz CT molecular complexity index is 1320. The van der Waals surface area contributed by atoms with Gasteiger partial charge in [-0.15, -0.1) is 10.2 Å². The van der Waals surface area contributed by atoms with Gasteiger partial charge in [-0.3, -0.25) is 14.4 Å². The maximum atomic E-state index is 12.8. The third-order valence-corrected chi connectivity index (χ3v) is 5.31. The van der Waals surface area contributed by atoms with Crippen molar-refractivity contribution in [1.82, 2.24) is 20.1 Å². The van der Waals surface area contributed by atoms with E-state index in [1.807, 2.05) is 96.4 Å². The number of benzene rings is 3. The Balaban J connectivity index is 1.58. The zero-order valence-corrected chi connectivity index (χ0v) is 17.5. The van der Waals surface area contributed by atoms with Gasteiger partial charge < -0.3 is 5.32 Å². The van der Waals surface area contributed by atoms with E-state index in [9.17, 15) is 4.79 Å². The average molecular weight is 419 g/mol. The van der Waals surface area contributed by atoms with E-state index in [2.05, 4.69) is 15.5 Å². The van der Waals surface area contributed by atoms with Crippen LogP contribution in [0.1, 0.15) is 34.5 Å². The molecule has 0 bridgehead atoms. The average Bonchev–Trinajstić information content (AvgIpc) is 3.16. The van der Waals surface area contributed by atoms with Gasteiger partial charge in [0.1, 0.15) is 5.82 Å². The minimum Gasteiger partial charge on any atom is -0.324 e. The number of rotatable bonds is 4. The summed E-state index contributed by atoms with van der Waals surface area (Å²) in [6.07, 6.45) is 2.60. The molecule has 0 aliphatic carbocycles. The van der Waals surface area contributed by atoms with Crippen molar-refractivity contribution in [2.45, 2.75) is 13.1 Å². The molecule has 3 aromatic carbocycles. The lowest BCUT2D eigenvalue weighted by Gasteiger charge is -2.13. The van der Waals surface area contributed by atoms with Crippen molar-refractivity contribution in [3.05, 3.63) is 119 Å². The Morgan fingerprint density at radius 3 is 2.38 bits per heavy atom. The van der Waals surface area contributed by atoms with E-state index >= 15 is 0 Å². The zero-order chi connectivity index (χ0) is 21.9. The monoisotopic (exact) mass is 419 g/mol. The summed E-state index contributed by atoms with van der Waals surface area (Å²) < 4.78 is 1.96. The number of carbonyl (C=O) groups is 1. The van der Waals surface area contributed by atoms with Crippen molar-refractivity contribution in [2.75, 3.05) is 0 Å². The third kappa shape index (κ3) is 3.74. The molecule has 0 saturated heterocycles. The highest BCUT2D eigenvalue weighted by Gasteiger charge is 2.28. The number of aryl methyl sites for hydroxylation is 1. The summed E-state index contributed by atoms with van der Waals surface area (Å²) in [7, 11) is 0. The smallest absolute Gasteiger partial charge is 0.245 e. The highest BCUT2D eigenvalue weighted by Crippen LogP contribution is 2.29. The normalized spacial score (nSPS) is 14.9. The molecule has 5 rings (SSSR count). The Labute approximate surface area is 186 Å². The highest BCUT2D eigenvalue weighted by molar-refractivity contribution is 6.15. The van der Waals surface area contributed by atoms with Crippen LogP contribution in [-0.4, -0.2) is 26.4 Å². The lowest BCUT2D eigenvalue weighted by atomic mass is 10.0. The predicted octanol–water partition coefficient (Wildman–Crippen LogP) is 4.25. The van der Waals surface area contributed by atoms with Crippen LogP contribution in [0.15, 0.2) is 96.0 Å². The van der Waals surface area contributed by atoms with Crippen LogP contribution in [0.25, 0.3) is 11.8 Å². The molecule has 6 heteroatoms. The van der Waals surface area contributed by atoms with Gasteiger partial charge in [0.05, 0.1) is 11.4 Å². The Kier molecular flexibility index (Phi) is 5.17. The van der Waals surface area contributed by atoms with E-state index < -0.39 is 6.17 Å². The molecular formula is C26H21N5O. The van der Waals surface area contributed by atoms with Crippen LogP contribution in [-0.2, 0) is 4.79 Å². The van der Waals surface area contributed by atoms with Crippen molar-refractivity contribution in [3.63, 3.8) is 0 Å². The number of fused-ring (bicyclic) bond motifs is 3. The number of aromatic nitrogens is 3. The fourth-order valence-electron chi connectivity index (χ4n) is 3.82. The van der Waals surface area contributed by atoms with E-state index in [0.717, 1.165) is 33.9 Å². The first-order valence-corrected chi connectivity index (χ1v) is 10.4. The lowest BCUT2D eigenvalue weighted by molar-refractivity contribution is -0.117. The molecule has 32 heavy (non-hydrogen) atoms. The number of nitrogens with zero attached hydrogens (tertiary/aromatic N) is 4. The first-order chi connectivity index (χ1) is 15.7. The Morgan fingerprint density at radius 2 is 1.59 bits per heavy atom. The van der Waals surface area contributed by atoms with Crippen LogP contribution in [0.4, 0.5) is 0 Å². The van der Waals surface area contributed by atoms with Crippen LogP contribution < -0.4 is 5.32 Å². The van der Waals surface area contributed by atoms with Crippen LogP contribution in [0, 0.1) is 6.92 Å². The van der Waals surface area contributed by atoms with Gasteiger partial charge in [-0.25, -0.2) is 0 Å². The van der Waals surface area contributed by atoms with Gasteiger partial charge in [-0.2, -0.15) is 0 Å². The predicted molar refractivity (Wildman–Crippen MR) is 125 cm³/mol. The largest absolute Gasteiger partial charge is 0.324 e. The summed E-state index contributed by atoms with van der Waals surface area (Å²) in [4.78, 5) is 17.8. The summed E-state index contributed by atoms with van der Waals surface area (Å²) in [5.74, 6) is 1.05. The van der Waals surface area contributed by atoms with Crippen LogP contribution >= 0.6 is 0 Å². The summed E-state index contributed by atoms with van der Waals surface area (Å²) >= 11 is 0. The second kappa shape index (κ2) is 8.43. The van der Waals surface area contributed by atoms with Crippen molar-refractivity contribution in [1.29, 1.82) is 0 Å². The van der Waals surface area contributed by atoms with Gasteiger partial charge in [0.15, 0.2) is 12.0 Å². The van der Waals surface area contributed by atoms with E-state index in [1.54, 1.807) is 6.08 Å². The molecule has 156 valence electrons. The number of nitrogens with one attached hydrogen (secondary N) is 1. The molecule has 2 heterocycles. The Morgan fingerprint density at radius 1 is 0.906 bits per heavy atom. The van der Waals surface area contributed by atoms with Gasteiger partial charge in [-0.05, 0) is 24.6 Å². The Hall–Kier alpha value is -4.32. The van der Waals surface area contributed by atoms with Crippen molar-refractivity contribution < 1.29 is 4.79 Å². The zero-order valence-electron chi connectivity index (χ0n) is 17.5. The van der Waals surface area contributed by atoms with E-state index in [1.165, 1.54) is 6.08 Å². The van der Waals surface area contributed by atoms with E-state index in [0.29, 0.717) is 5.82 Å². The molecule has 1 atom stereocenters. The number of hydrogen-bond donors (Lipinski definition) is 1. The van der Waals surface area contributed by atoms with Crippen molar-refractivity contribution in [3.8, 4) is 5.69 Å². The molecule has 4 aromatic rings. The fourth-order valence-corrected chi connectivity index (χ4v) is 3.82. The van der Waals surface area contributed by atoms with E-state index in [4.69, 9.17) is 4.99 Å². The van der Waals surface area contributed by atoms with Gasteiger partial charge in [-0.1, -0.05) is 78.9 Å². The molecule has 1 amide bonds. The number of aliphatic imine (C=N–C) groups is 1. The van der Waals surface area contributed by atoms with Crippen molar-refractivity contribution >= 4 is 17.7 Å². The van der Waals surface area contributed by atoms with Crippen LogP contribution in [0.3, 0.4) is 0 Å². The highest BCUT2D eigenvalue weighted by atomic mass is 16.1. The SMILES string of the molecule is Cc1nnc2n1-c1ccccc1C(c1ccccc1)=NC2NC(=O)/C=C\c1ccccc1. The van der Waals surface area contributed by atoms with Crippen LogP contribution in [0.5, 0.6) is 0 Å². The lowest BCUT2D eigenvalue weighted by Crippen LogP contribution is -2.28. The first-order valence-electron chi connectivity index (χ1n) is 10.4. The van der Waals surface area contributed by atoms with Gasteiger partial charge in [0.25, 0.3) is 0 Å². The molecule has 1 N–H and O–H groups in total. The minimum atomic E-state index is -0.688. The second-order valence-corrected chi connectivity index (χ2v) is 7.46. The maximum Gasteiger partial charge on any atom is 0.245 e. The summed E-state index contributed by atoms with van der Waals surface area (Å²) in [6.45, 7) is 1.90. The topological polar surface area (TPSA) is 72.2 Å². The second-order valence-electron chi connectivity index (χ2n) is 7.46. The van der Waals surface area contributed by atoms with Gasteiger partial charge in [0, 0.05) is 17.2 Å². The number of hydrogen-bond acceptors (Lipinski definition) is 4. The molecule has 1 aromatic heterocycles. The first kappa shape index (κ1) is 19.6. The summed E-state index contributed by atoms with van der Waals surface area (Å²) in [5.41, 5.74) is 4.60. The molecule has 1 aliphatic rings. The summed E-state index contributed by atoms with van der Waals surface area (Å²) in [6, 6.07) is 27.7. The quantitative estimate of drug-likeness (QED) is 0.503. The molecule has 0 fully saturated rings. The standard InChI is InChI=1S/C26H21N5O/c1-18-29-30-26-25(27-23(32)17-16-19-10-4-2-5-11-19)28-24(20-12-6-3-7-13-20)21-14-8-9-15-22(21)31(18)26/h2-17,25H,1H3,(H,27,32)/b17-16-. The molecule has 0 radical (unpaired) electrons. The fraction of sp³-hybridized carbons (Fsp3) is 0.0769. The number of amides is 1. The van der Waals surface area contributed by atoms with Gasteiger partial charge >= 0.3 is 0 Å². The van der Waals surface area contributed by atoms with Crippen molar-refractivity contribution in [2.24, 2.45) is 4.99 Å². The molecular weight excluding hydrogens is 398 g/mol. The summed E-state index contributed by atoms with van der Waals surface area (Å²) in [5, 5.41) is 11.6. The molecule has 0 spiro atoms. The van der Waals surface area contributed by atoms with E-state index in [-0.39, 0.29) is 5.91 Å². The molecule has 1 unspecified atom stereocenters. The third-order valence-electron chi connectivity index (χ3n) is 5.31. The molecule has 0 saturated carbocycles. The molecule has 1 aliphatic heterocycles.